The molecule has 1 aromatic carbocycles. The molecule has 1 atom stereocenters. The molecule has 0 N–H and O–H groups in total. The van der Waals surface area contributed by atoms with Gasteiger partial charge in [0.25, 0.3) is 5.91 Å². The number of rotatable bonds is 3. The summed E-state index contributed by atoms with van der Waals surface area (Å²) < 4.78 is 51.6. The lowest BCUT2D eigenvalue weighted by molar-refractivity contribution is -0.137. The summed E-state index contributed by atoms with van der Waals surface area (Å²) in [6, 6.07) is 1.89. The van der Waals surface area contributed by atoms with Crippen LogP contribution in [-0.4, -0.2) is 29.8 Å². The van der Waals surface area contributed by atoms with Gasteiger partial charge in [0.05, 0.1) is 11.1 Å². The average molecular weight is 324 g/mol. The van der Waals surface area contributed by atoms with E-state index in [2.05, 4.69) is 0 Å². The summed E-state index contributed by atoms with van der Waals surface area (Å²) in [5.74, 6) is -0.949. The van der Waals surface area contributed by atoms with Gasteiger partial charge in [-0.25, -0.2) is 4.39 Å². The molecule has 1 heterocycles. The predicted octanol–water partition coefficient (Wildman–Crippen LogP) is 3.94. The third kappa shape index (κ3) is 3.67. The van der Waals surface area contributed by atoms with E-state index in [0.717, 1.165) is 12.8 Å². The van der Waals surface area contributed by atoms with Gasteiger partial charge in [0.1, 0.15) is 5.82 Å². The quantitative estimate of drug-likeness (QED) is 0.609. The van der Waals surface area contributed by atoms with Crippen molar-refractivity contribution in [3.8, 4) is 0 Å². The fourth-order valence-corrected chi connectivity index (χ4v) is 2.75. The number of halogens is 5. The van der Waals surface area contributed by atoms with Crippen molar-refractivity contribution in [2.45, 2.75) is 19.0 Å². The molecule has 1 amide bonds. The van der Waals surface area contributed by atoms with Crippen LogP contribution in [0.5, 0.6) is 0 Å². The van der Waals surface area contributed by atoms with Crippen molar-refractivity contribution in [1.29, 1.82) is 0 Å². The topological polar surface area (TPSA) is 20.3 Å². The van der Waals surface area contributed by atoms with Crippen LogP contribution in [0.3, 0.4) is 0 Å². The van der Waals surface area contributed by atoms with Gasteiger partial charge in [-0.1, -0.05) is 0 Å². The molecule has 1 fully saturated rings. The maximum atomic E-state index is 13.7. The van der Waals surface area contributed by atoms with Crippen LogP contribution >= 0.6 is 11.6 Å². The zero-order chi connectivity index (χ0) is 15.6. The minimum atomic E-state index is -4.60. The van der Waals surface area contributed by atoms with Crippen molar-refractivity contribution in [1.82, 2.24) is 4.90 Å². The number of carbonyl (C=O) groups excluding carboxylic acids is 1. The Morgan fingerprint density at radius 1 is 1.38 bits per heavy atom. The second kappa shape index (κ2) is 6.22. The Morgan fingerprint density at radius 3 is 2.71 bits per heavy atom. The molecule has 1 unspecified atom stereocenters. The first-order valence-corrected chi connectivity index (χ1v) is 7.08. The highest BCUT2D eigenvalue weighted by Gasteiger charge is 2.33. The van der Waals surface area contributed by atoms with Crippen LogP contribution in [-0.2, 0) is 6.18 Å². The van der Waals surface area contributed by atoms with Gasteiger partial charge in [0, 0.05) is 19.0 Å². The monoisotopic (exact) mass is 323 g/mol. The Morgan fingerprint density at radius 2 is 2.10 bits per heavy atom. The molecule has 0 aliphatic carbocycles. The van der Waals surface area contributed by atoms with Gasteiger partial charge in [-0.15, -0.1) is 11.6 Å². The molecule has 2 nitrogen and oxygen atoms in total. The fraction of sp³-hybridized carbons (Fsp3) is 0.500. The Hall–Kier alpha value is -1.30. The van der Waals surface area contributed by atoms with Gasteiger partial charge >= 0.3 is 6.18 Å². The third-order valence-corrected chi connectivity index (χ3v) is 3.83. The molecule has 0 aromatic heterocycles. The van der Waals surface area contributed by atoms with E-state index in [-0.39, 0.29) is 5.92 Å². The maximum absolute atomic E-state index is 13.7. The summed E-state index contributed by atoms with van der Waals surface area (Å²) in [5.41, 5.74) is -1.56. The lowest BCUT2D eigenvalue weighted by atomic mass is 10.1. The number of hydrogen-bond acceptors (Lipinski definition) is 1. The number of alkyl halides is 4. The van der Waals surface area contributed by atoms with E-state index in [1.54, 1.807) is 0 Å². The fourth-order valence-electron chi connectivity index (χ4n) is 2.44. The number of likely N-dealkylation sites (tertiary alicyclic amines) is 1. The van der Waals surface area contributed by atoms with Crippen LogP contribution in [0.1, 0.15) is 28.8 Å². The minimum absolute atomic E-state index is 0.223. The van der Waals surface area contributed by atoms with E-state index in [9.17, 15) is 22.4 Å². The minimum Gasteiger partial charge on any atom is -0.338 e. The first-order valence-electron chi connectivity index (χ1n) is 6.55. The zero-order valence-electron chi connectivity index (χ0n) is 11.1. The van der Waals surface area contributed by atoms with Crippen molar-refractivity contribution in [2.75, 3.05) is 19.0 Å². The summed E-state index contributed by atoms with van der Waals surface area (Å²) in [6.45, 7) is 0.817. The highest BCUT2D eigenvalue weighted by Crippen LogP contribution is 2.31. The molecule has 2 rings (SSSR count). The summed E-state index contributed by atoms with van der Waals surface area (Å²) >= 11 is 5.63. The van der Waals surface area contributed by atoms with Crippen LogP contribution in [0.15, 0.2) is 18.2 Å². The van der Waals surface area contributed by atoms with E-state index in [4.69, 9.17) is 11.6 Å². The number of hydrogen-bond donors (Lipinski definition) is 0. The molecule has 0 saturated carbocycles. The standard InChI is InChI=1S/C14H14ClF4NO/c15-5-3-9-4-6-20(8-9)13(21)11-7-10(14(17,18)19)1-2-12(11)16/h1-2,7,9H,3-6,8H2. The van der Waals surface area contributed by atoms with Crippen molar-refractivity contribution in [3.05, 3.63) is 35.1 Å². The molecule has 1 aromatic rings. The molecule has 0 radical (unpaired) electrons. The van der Waals surface area contributed by atoms with E-state index in [0.29, 0.717) is 37.2 Å². The second-order valence-corrected chi connectivity index (χ2v) is 5.45. The molecule has 0 bridgehead atoms. The van der Waals surface area contributed by atoms with Gasteiger partial charge in [0.15, 0.2) is 0 Å². The van der Waals surface area contributed by atoms with E-state index < -0.39 is 29.0 Å². The zero-order valence-corrected chi connectivity index (χ0v) is 11.8. The van der Waals surface area contributed by atoms with Crippen molar-refractivity contribution >= 4 is 17.5 Å². The van der Waals surface area contributed by atoms with Crippen molar-refractivity contribution in [2.24, 2.45) is 5.92 Å². The molecular weight excluding hydrogens is 310 g/mol. The number of nitrogens with zero attached hydrogens (tertiary/aromatic N) is 1. The molecule has 1 aliphatic rings. The second-order valence-electron chi connectivity index (χ2n) is 5.08. The van der Waals surface area contributed by atoms with Crippen LogP contribution in [0, 0.1) is 11.7 Å². The van der Waals surface area contributed by atoms with Gasteiger partial charge < -0.3 is 4.90 Å². The van der Waals surface area contributed by atoms with Crippen LogP contribution in [0.2, 0.25) is 0 Å². The Kier molecular flexibility index (Phi) is 4.76. The lowest BCUT2D eigenvalue weighted by Crippen LogP contribution is -2.29. The average Bonchev–Trinajstić information content (AvgIpc) is 2.86. The van der Waals surface area contributed by atoms with Crippen LogP contribution in [0.25, 0.3) is 0 Å². The highest BCUT2D eigenvalue weighted by atomic mass is 35.5. The molecule has 116 valence electrons. The van der Waals surface area contributed by atoms with Gasteiger partial charge in [-0.3, -0.25) is 4.79 Å². The van der Waals surface area contributed by atoms with Gasteiger partial charge in [-0.05, 0) is 37.0 Å². The molecule has 0 spiro atoms. The largest absolute Gasteiger partial charge is 0.416 e. The summed E-state index contributed by atoms with van der Waals surface area (Å²) in [4.78, 5) is 13.6. The lowest BCUT2D eigenvalue weighted by Gasteiger charge is -2.18. The van der Waals surface area contributed by atoms with Crippen molar-refractivity contribution in [3.63, 3.8) is 0 Å². The van der Waals surface area contributed by atoms with Crippen molar-refractivity contribution < 1.29 is 22.4 Å². The van der Waals surface area contributed by atoms with Crippen LogP contribution < -0.4 is 0 Å². The molecular formula is C14H14ClF4NO. The number of amides is 1. The normalized spacial score (nSPS) is 19.1. The molecule has 7 heteroatoms. The van der Waals surface area contributed by atoms with E-state index in [1.165, 1.54) is 4.90 Å². The van der Waals surface area contributed by atoms with Gasteiger partial charge in [-0.2, -0.15) is 13.2 Å². The summed E-state index contributed by atoms with van der Waals surface area (Å²) in [6.07, 6.45) is -3.13. The molecule has 1 saturated heterocycles. The first-order chi connectivity index (χ1) is 9.82. The summed E-state index contributed by atoms with van der Waals surface area (Å²) in [7, 11) is 0. The maximum Gasteiger partial charge on any atom is 0.416 e. The van der Waals surface area contributed by atoms with E-state index in [1.807, 2.05) is 0 Å². The number of carbonyl (C=O) groups is 1. The summed E-state index contributed by atoms with van der Waals surface area (Å²) in [5, 5.41) is 0. The molecule has 21 heavy (non-hydrogen) atoms. The Bertz CT molecular complexity index is 532. The Balaban J connectivity index is 2.20. The number of benzene rings is 1. The molecule has 1 aliphatic heterocycles. The third-order valence-electron chi connectivity index (χ3n) is 3.61. The predicted molar refractivity (Wildman–Crippen MR) is 70.7 cm³/mol. The smallest absolute Gasteiger partial charge is 0.338 e. The van der Waals surface area contributed by atoms with Gasteiger partial charge in [0.2, 0.25) is 0 Å². The Labute approximate surface area is 124 Å². The highest BCUT2D eigenvalue weighted by molar-refractivity contribution is 6.17. The van der Waals surface area contributed by atoms with Crippen LogP contribution in [0.4, 0.5) is 17.6 Å². The first kappa shape index (κ1) is 16.1. The SMILES string of the molecule is O=C(c1cc(C(F)(F)F)ccc1F)N1CCC(CCCl)C1. The van der Waals surface area contributed by atoms with E-state index >= 15 is 0 Å².